The Morgan fingerprint density at radius 3 is 2.67 bits per heavy atom. The van der Waals surface area contributed by atoms with Gasteiger partial charge in [0.15, 0.2) is 5.13 Å². The van der Waals surface area contributed by atoms with Crippen molar-refractivity contribution in [2.24, 2.45) is 0 Å². The Hall–Kier alpha value is -1.83. The molecule has 0 spiro atoms. The number of nitrogens with one attached hydrogen (secondary N) is 3. The number of amides is 2. The zero-order valence-electron chi connectivity index (χ0n) is 12.7. The number of aromatic nitrogens is 1. The number of nitrogens with zero attached hydrogens (tertiary/aromatic N) is 1. The Bertz CT molecular complexity index is 487. The predicted molar refractivity (Wildman–Crippen MR) is 85.5 cm³/mol. The van der Waals surface area contributed by atoms with Crippen LogP contribution >= 0.6 is 11.3 Å². The molecular formula is C13H23N5O2S. The van der Waals surface area contributed by atoms with Gasteiger partial charge in [0, 0.05) is 25.6 Å². The smallest absolute Gasteiger partial charge is 0.265 e. The van der Waals surface area contributed by atoms with Crippen LogP contribution in [-0.4, -0.2) is 35.9 Å². The maximum atomic E-state index is 12.0. The lowest BCUT2D eigenvalue weighted by Gasteiger charge is -2.08. The molecule has 8 heteroatoms. The molecule has 7 nitrogen and oxygen atoms in total. The third kappa shape index (κ3) is 5.99. The molecule has 1 rings (SSSR count). The van der Waals surface area contributed by atoms with Crippen LogP contribution in [0.4, 0.5) is 10.9 Å². The maximum Gasteiger partial charge on any atom is 0.265 e. The van der Waals surface area contributed by atoms with Gasteiger partial charge in [0.25, 0.3) is 5.91 Å². The SMILES string of the molecule is CCCNc1nc(N)c(C(=O)NCCC(=O)NC(C)C)s1. The van der Waals surface area contributed by atoms with Crippen LogP contribution in [0, 0.1) is 0 Å². The fourth-order valence-corrected chi connectivity index (χ4v) is 2.39. The van der Waals surface area contributed by atoms with E-state index < -0.39 is 0 Å². The first-order valence-corrected chi connectivity index (χ1v) is 7.83. The van der Waals surface area contributed by atoms with E-state index in [9.17, 15) is 9.59 Å². The Morgan fingerprint density at radius 2 is 2.05 bits per heavy atom. The molecule has 0 aliphatic rings. The summed E-state index contributed by atoms with van der Waals surface area (Å²) in [4.78, 5) is 27.9. The molecule has 2 amide bonds. The highest BCUT2D eigenvalue weighted by atomic mass is 32.1. The van der Waals surface area contributed by atoms with Crippen LogP contribution in [0.15, 0.2) is 0 Å². The van der Waals surface area contributed by atoms with E-state index in [0.29, 0.717) is 10.0 Å². The zero-order chi connectivity index (χ0) is 15.8. The van der Waals surface area contributed by atoms with E-state index in [-0.39, 0.29) is 36.6 Å². The fraction of sp³-hybridized carbons (Fsp3) is 0.615. The van der Waals surface area contributed by atoms with Crippen LogP contribution in [0.3, 0.4) is 0 Å². The molecule has 21 heavy (non-hydrogen) atoms. The molecule has 0 aromatic carbocycles. The molecule has 0 aliphatic heterocycles. The van der Waals surface area contributed by atoms with Crippen molar-refractivity contribution in [3.63, 3.8) is 0 Å². The molecule has 118 valence electrons. The van der Waals surface area contributed by atoms with Gasteiger partial charge in [0.2, 0.25) is 5.91 Å². The predicted octanol–water partition coefficient (Wildman–Crippen LogP) is 1.19. The molecule has 5 N–H and O–H groups in total. The minimum Gasteiger partial charge on any atom is -0.382 e. The van der Waals surface area contributed by atoms with Crippen molar-refractivity contribution >= 4 is 34.1 Å². The number of rotatable bonds is 8. The van der Waals surface area contributed by atoms with E-state index in [2.05, 4.69) is 20.9 Å². The maximum absolute atomic E-state index is 12.0. The molecule has 0 fully saturated rings. The van der Waals surface area contributed by atoms with Crippen molar-refractivity contribution < 1.29 is 9.59 Å². The molecule has 0 saturated carbocycles. The van der Waals surface area contributed by atoms with Gasteiger partial charge < -0.3 is 21.7 Å². The molecule has 1 aromatic rings. The number of nitrogens with two attached hydrogens (primary N) is 1. The average Bonchev–Trinajstić information content (AvgIpc) is 2.76. The topological polar surface area (TPSA) is 109 Å². The van der Waals surface area contributed by atoms with Gasteiger partial charge in [-0.25, -0.2) is 4.98 Å². The highest BCUT2D eigenvalue weighted by molar-refractivity contribution is 7.18. The largest absolute Gasteiger partial charge is 0.382 e. The zero-order valence-corrected chi connectivity index (χ0v) is 13.5. The summed E-state index contributed by atoms with van der Waals surface area (Å²) in [5, 5.41) is 9.16. The second kappa shape index (κ2) is 8.46. The van der Waals surface area contributed by atoms with E-state index in [1.165, 1.54) is 11.3 Å². The molecule has 0 bridgehead atoms. The Kier molecular flexibility index (Phi) is 6.93. The molecule has 0 aliphatic carbocycles. The number of carbonyl (C=O) groups excluding carboxylic acids is 2. The highest BCUT2D eigenvalue weighted by Gasteiger charge is 2.16. The summed E-state index contributed by atoms with van der Waals surface area (Å²) >= 11 is 1.22. The summed E-state index contributed by atoms with van der Waals surface area (Å²) in [6.45, 7) is 6.87. The van der Waals surface area contributed by atoms with Gasteiger partial charge in [0.05, 0.1) is 0 Å². The van der Waals surface area contributed by atoms with E-state index in [0.717, 1.165) is 13.0 Å². The molecule has 0 radical (unpaired) electrons. The Balaban J connectivity index is 2.45. The van der Waals surface area contributed by atoms with Crippen LogP contribution in [0.1, 0.15) is 43.3 Å². The third-order valence-electron chi connectivity index (χ3n) is 2.47. The van der Waals surface area contributed by atoms with Crippen molar-refractivity contribution in [1.29, 1.82) is 0 Å². The van der Waals surface area contributed by atoms with Crippen molar-refractivity contribution in [2.45, 2.75) is 39.7 Å². The van der Waals surface area contributed by atoms with Crippen LogP contribution in [0.2, 0.25) is 0 Å². The van der Waals surface area contributed by atoms with Gasteiger partial charge in [-0.05, 0) is 20.3 Å². The summed E-state index contributed by atoms with van der Waals surface area (Å²) in [5.74, 6) is -0.178. The highest BCUT2D eigenvalue weighted by Crippen LogP contribution is 2.24. The van der Waals surface area contributed by atoms with Crippen molar-refractivity contribution in [1.82, 2.24) is 15.6 Å². The van der Waals surface area contributed by atoms with Crippen molar-refractivity contribution in [2.75, 3.05) is 24.1 Å². The number of hydrogen-bond acceptors (Lipinski definition) is 6. The molecule has 1 heterocycles. The van der Waals surface area contributed by atoms with Crippen LogP contribution < -0.4 is 21.7 Å². The van der Waals surface area contributed by atoms with Gasteiger partial charge >= 0.3 is 0 Å². The molecular weight excluding hydrogens is 290 g/mol. The first-order valence-electron chi connectivity index (χ1n) is 7.01. The summed E-state index contributed by atoms with van der Waals surface area (Å²) in [6, 6.07) is 0.0949. The Labute approximate surface area is 128 Å². The van der Waals surface area contributed by atoms with E-state index in [1.807, 2.05) is 20.8 Å². The summed E-state index contributed by atoms with van der Waals surface area (Å²) in [6.07, 6.45) is 1.20. The third-order valence-corrected chi connectivity index (χ3v) is 3.50. The molecule has 0 atom stereocenters. The van der Waals surface area contributed by atoms with Crippen LogP contribution in [0.5, 0.6) is 0 Å². The van der Waals surface area contributed by atoms with Crippen LogP contribution in [-0.2, 0) is 4.79 Å². The quantitative estimate of drug-likeness (QED) is 0.576. The lowest BCUT2D eigenvalue weighted by Crippen LogP contribution is -2.34. The number of thiazole rings is 1. The van der Waals surface area contributed by atoms with Gasteiger partial charge in [-0.3, -0.25) is 9.59 Å². The lowest BCUT2D eigenvalue weighted by molar-refractivity contribution is -0.121. The van der Waals surface area contributed by atoms with Gasteiger partial charge in [0.1, 0.15) is 10.7 Å². The summed E-state index contributed by atoms with van der Waals surface area (Å²) in [5.41, 5.74) is 5.73. The van der Waals surface area contributed by atoms with E-state index in [1.54, 1.807) is 0 Å². The van der Waals surface area contributed by atoms with E-state index >= 15 is 0 Å². The fourth-order valence-electron chi connectivity index (χ4n) is 1.57. The minimum atomic E-state index is -0.299. The van der Waals surface area contributed by atoms with Crippen LogP contribution in [0.25, 0.3) is 0 Å². The monoisotopic (exact) mass is 313 g/mol. The minimum absolute atomic E-state index is 0.0899. The molecule has 1 aromatic heterocycles. The van der Waals surface area contributed by atoms with Crippen molar-refractivity contribution in [3.05, 3.63) is 4.88 Å². The number of carbonyl (C=O) groups is 2. The van der Waals surface area contributed by atoms with Crippen molar-refractivity contribution in [3.8, 4) is 0 Å². The number of hydrogen-bond donors (Lipinski definition) is 4. The lowest BCUT2D eigenvalue weighted by atomic mass is 10.3. The second-order valence-corrected chi connectivity index (χ2v) is 5.89. The average molecular weight is 313 g/mol. The summed E-state index contributed by atoms with van der Waals surface area (Å²) in [7, 11) is 0. The molecule has 0 unspecified atom stereocenters. The van der Waals surface area contributed by atoms with Gasteiger partial charge in [-0.15, -0.1) is 0 Å². The second-order valence-electron chi connectivity index (χ2n) is 4.89. The molecule has 0 saturated heterocycles. The van der Waals surface area contributed by atoms with Gasteiger partial charge in [-0.2, -0.15) is 0 Å². The van der Waals surface area contributed by atoms with Gasteiger partial charge in [-0.1, -0.05) is 18.3 Å². The normalized spacial score (nSPS) is 10.5. The standard InChI is InChI=1S/C13H23N5O2S/c1-4-6-16-13-18-11(14)10(21-13)12(20)15-7-5-9(19)17-8(2)3/h8H,4-7,14H2,1-3H3,(H,15,20)(H,16,18)(H,17,19). The Morgan fingerprint density at radius 1 is 1.33 bits per heavy atom. The first-order chi connectivity index (χ1) is 9.93. The summed E-state index contributed by atoms with van der Waals surface area (Å²) < 4.78 is 0. The number of anilines is 2. The number of nitrogen functional groups attached to an aromatic ring is 1. The first kappa shape index (κ1) is 17.2. The van der Waals surface area contributed by atoms with E-state index in [4.69, 9.17) is 5.73 Å².